The van der Waals surface area contributed by atoms with E-state index in [4.69, 9.17) is 5.11 Å². The summed E-state index contributed by atoms with van der Waals surface area (Å²) >= 11 is 0. The van der Waals surface area contributed by atoms with E-state index in [0.29, 0.717) is 5.69 Å². The molecule has 0 spiro atoms. The molecule has 3 N–H and O–H groups in total. The number of aromatic nitrogens is 1. The molecule has 0 atom stereocenters. The number of hydrogen-bond acceptors (Lipinski definition) is 3. The zero-order valence-corrected chi connectivity index (χ0v) is 13.2. The Morgan fingerprint density at radius 1 is 1.19 bits per heavy atom. The van der Waals surface area contributed by atoms with E-state index in [9.17, 15) is 9.59 Å². The van der Waals surface area contributed by atoms with Gasteiger partial charge in [0.15, 0.2) is 0 Å². The van der Waals surface area contributed by atoms with E-state index in [1.165, 1.54) is 18.5 Å². The molecule has 6 nitrogen and oxygen atoms in total. The highest BCUT2D eigenvalue weighted by Crippen LogP contribution is 2.26. The predicted octanol–water partition coefficient (Wildman–Crippen LogP) is 3.12. The van der Waals surface area contributed by atoms with Crippen LogP contribution in [0.2, 0.25) is 0 Å². The first-order chi connectivity index (χ1) is 9.48. The van der Waals surface area contributed by atoms with Gasteiger partial charge in [0.2, 0.25) is 0 Å². The van der Waals surface area contributed by atoms with E-state index in [-0.39, 0.29) is 22.5 Å². The minimum atomic E-state index is -1.08. The van der Waals surface area contributed by atoms with Crippen LogP contribution in [0.15, 0.2) is 18.5 Å². The van der Waals surface area contributed by atoms with Gasteiger partial charge in [-0.3, -0.25) is 4.98 Å². The lowest BCUT2D eigenvalue weighted by atomic mass is 9.82. The summed E-state index contributed by atoms with van der Waals surface area (Å²) in [5.41, 5.74) is 0.0857. The molecule has 0 bridgehead atoms. The molecule has 1 heterocycles. The molecule has 0 saturated carbocycles. The number of aromatic carboxylic acids is 1. The Morgan fingerprint density at radius 3 is 2.33 bits per heavy atom. The Bertz CT molecular complexity index is 533. The van der Waals surface area contributed by atoms with Gasteiger partial charge < -0.3 is 15.7 Å². The lowest BCUT2D eigenvalue weighted by molar-refractivity contribution is 0.0696. The van der Waals surface area contributed by atoms with Gasteiger partial charge in [0.25, 0.3) is 0 Å². The van der Waals surface area contributed by atoms with E-state index in [2.05, 4.69) is 36.4 Å². The Balaban J connectivity index is 2.69. The van der Waals surface area contributed by atoms with Crippen molar-refractivity contribution in [1.29, 1.82) is 0 Å². The molecule has 0 aromatic carbocycles. The highest BCUT2D eigenvalue weighted by Gasteiger charge is 2.27. The van der Waals surface area contributed by atoms with Gasteiger partial charge >= 0.3 is 12.0 Å². The van der Waals surface area contributed by atoms with Crippen LogP contribution in [0.25, 0.3) is 0 Å². The topological polar surface area (TPSA) is 91.3 Å². The van der Waals surface area contributed by atoms with E-state index >= 15 is 0 Å². The summed E-state index contributed by atoms with van der Waals surface area (Å²) in [6.45, 7) is 10.2. The lowest BCUT2D eigenvalue weighted by Crippen LogP contribution is -2.47. The third kappa shape index (κ3) is 6.25. The van der Waals surface area contributed by atoms with E-state index in [0.717, 1.165) is 6.42 Å². The molecule has 2 amide bonds. The monoisotopic (exact) mass is 293 g/mol. The summed E-state index contributed by atoms with van der Waals surface area (Å²) in [6.07, 6.45) is 3.44. The molecule has 1 rings (SSSR count). The molecule has 0 aliphatic carbocycles. The first kappa shape index (κ1) is 16.9. The summed E-state index contributed by atoms with van der Waals surface area (Å²) in [6, 6.07) is 0.986. The van der Waals surface area contributed by atoms with Gasteiger partial charge in [0.1, 0.15) is 0 Å². The number of carboxylic acids is 1. The quantitative estimate of drug-likeness (QED) is 0.795. The molecule has 0 aliphatic heterocycles. The van der Waals surface area contributed by atoms with Crippen LogP contribution in [0.4, 0.5) is 10.5 Å². The third-order valence-corrected chi connectivity index (χ3v) is 2.67. The highest BCUT2D eigenvalue weighted by atomic mass is 16.4. The molecular weight excluding hydrogens is 270 g/mol. The standard InChI is InChI=1S/C15H23N3O3/c1-14(2,3)9-15(4,5)18-13(21)17-11-6-10(12(19)20)7-16-8-11/h6-8H,9H2,1-5H3,(H,19,20)(H2,17,18,21). The van der Waals surface area contributed by atoms with Crippen molar-refractivity contribution in [3.05, 3.63) is 24.0 Å². The lowest BCUT2D eigenvalue weighted by Gasteiger charge is -2.33. The van der Waals surface area contributed by atoms with Crippen molar-refractivity contribution in [2.45, 2.75) is 46.6 Å². The molecule has 0 unspecified atom stereocenters. The zero-order valence-electron chi connectivity index (χ0n) is 13.2. The number of urea groups is 1. The average molecular weight is 293 g/mol. The minimum absolute atomic E-state index is 0.0294. The number of carbonyl (C=O) groups excluding carboxylic acids is 1. The van der Waals surface area contributed by atoms with Crippen LogP contribution in [-0.4, -0.2) is 27.6 Å². The van der Waals surface area contributed by atoms with Crippen molar-refractivity contribution in [1.82, 2.24) is 10.3 Å². The van der Waals surface area contributed by atoms with Crippen LogP contribution in [0.1, 0.15) is 51.4 Å². The maximum Gasteiger partial charge on any atom is 0.337 e. The van der Waals surface area contributed by atoms with Crippen LogP contribution in [0, 0.1) is 5.41 Å². The van der Waals surface area contributed by atoms with Crippen molar-refractivity contribution >= 4 is 17.7 Å². The maximum atomic E-state index is 12.0. The molecule has 0 aliphatic rings. The van der Waals surface area contributed by atoms with E-state index in [1.807, 2.05) is 13.8 Å². The van der Waals surface area contributed by atoms with Crippen LogP contribution in [0.5, 0.6) is 0 Å². The van der Waals surface area contributed by atoms with E-state index in [1.54, 1.807) is 0 Å². The fourth-order valence-electron chi connectivity index (χ4n) is 2.46. The number of amides is 2. The van der Waals surface area contributed by atoms with Gasteiger partial charge in [-0.05, 0) is 31.7 Å². The Hall–Kier alpha value is -2.11. The largest absolute Gasteiger partial charge is 0.478 e. The van der Waals surface area contributed by atoms with Gasteiger partial charge in [-0.1, -0.05) is 20.8 Å². The van der Waals surface area contributed by atoms with Crippen LogP contribution < -0.4 is 10.6 Å². The zero-order chi connectivity index (χ0) is 16.3. The first-order valence-electron chi connectivity index (χ1n) is 6.76. The summed E-state index contributed by atoms with van der Waals surface area (Å²) in [4.78, 5) is 26.6. The van der Waals surface area contributed by atoms with Gasteiger partial charge in [0.05, 0.1) is 17.4 Å². The van der Waals surface area contributed by atoms with Crippen molar-refractivity contribution in [2.75, 3.05) is 5.32 Å². The summed E-state index contributed by atoms with van der Waals surface area (Å²) in [5.74, 6) is -1.08. The SMILES string of the molecule is CC(C)(C)CC(C)(C)NC(=O)Nc1cncc(C(=O)O)c1. The molecule has 1 aromatic heterocycles. The number of hydrogen-bond donors (Lipinski definition) is 3. The Labute approximate surface area is 125 Å². The Morgan fingerprint density at radius 2 is 1.81 bits per heavy atom. The van der Waals surface area contributed by atoms with Gasteiger partial charge in [-0.25, -0.2) is 9.59 Å². The first-order valence-corrected chi connectivity index (χ1v) is 6.76. The number of anilines is 1. The molecule has 0 saturated heterocycles. The van der Waals surface area contributed by atoms with Crippen molar-refractivity contribution in [3.63, 3.8) is 0 Å². The van der Waals surface area contributed by atoms with Gasteiger partial charge in [0, 0.05) is 11.7 Å². The minimum Gasteiger partial charge on any atom is -0.478 e. The molecule has 6 heteroatoms. The smallest absolute Gasteiger partial charge is 0.337 e. The summed E-state index contributed by atoms with van der Waals surface area (Å²) < 4.78 is 0. The molecule has 1 aromatic rings. The van der Waals surface area contributed by atoms with Crippen LogP contribution in [-0.2, 0) is 0 Å². The van der Waals surface area contributed by atoms with Gasteiger partial charge in [-0.15, -0.1) is 0 Å². The molecule has 0 radical (unpaired) electrons. The van der Waals surface area contributed by atoms with Crippen LogP contribution >= 0.6 is 0 Å². The van der Waals surface area contributed by atoms with Crippen molar-refractivity contribution < 1.29 is 14.7 Å². The highest BCUT2D eigenvalue weighted by molar-refractivity contribution is 5.92. The molecule has 116 valence electrons. The normalized spacial score (nSPS) is 11.9. The average Bonchev–Trinajstić information content (AvgIpc) is 2.24. The maximum absolute atomic E-state index is 12.0. The molecule has 21 heavy (non-hydrogen) atoms. The fourth-order valence-corrected chi connectivity index (χ4v) is 2.46. The number of nitrogens with one attached hydrogen (secondary N) is 2. The molecule has 0 fully saturated rings. The second-order valence-corrected chi connectivity index (χ2v) is 6.97. The van der Waals surface area contributed by atoms with Crippen molar-refractivity contribution in [2.24, 2.45) is 5.41 Å². The van der Waals surface area contributed by atoms with Crippen LogP contribution in [0.3, 0.4) is 0 Å². The molecular formula is C15H23N3O3. The second kappa shape index (κ2) is 6.11. The Kier molecular flexibility index (Phi) is 4.93. The predicted molar refractivity (Wildman–Crippen MR) is 81.5 cm³/mol. The second-order valence-electron chi connectivity index (χ2n) is 6.97. The summed E-state index contributed by atoms with van der Waals surface area (Å²) in [5, 5.41) is 14.4. The fraction of sp³-hybridized carbons (Fsp3) is 0.533. The van der Waals surface area contributed by atoms with Crippen molar-refractivity contribution in [3.8, 4) is 0 Å². The van der Waals surface area contributed by atoms with Gasteiger partial charge in [-0.2, -0.15) is 0 Å². The third-order valence-electron chi connectivity index (χ3n) is 2.67. The number of nitrogens with zero attached hydrogens (tertiary/aromatic N) is 1. The number of rotatable bonds is 4. The van der Waals surface area contributed by atoms with E-state index < -0.39 is 5.97 Å². The number of carbonyl (C=O) groups is 2. The summed E-state index contributed by atoms with van der Waals surface area (Å²) in [7, 11) is 0. The number of pyridine rings is 1. The number of carboxylic acid groups (broad SMARTS) is 1.